The Morgan fingerprint density at radius 2 is 2.21 bits per heavy atom. The monoisotopic (exact) mass is 328 g/mol. The third kappa shape index (κ3) is 2.56. The fourth-order valence-corrected chi connectivity index (χ4v) is 2.43. The van der Waals surface area contributed by atoms with Crippen LogP contribution in [0.1, 0.15) is 23.7 Å². The highest BCUT2D eigenvalue weighted by Crippen LogP contribution is 2.30. The number of rotatable bonds is 2. The van der Waals surface area contributed by atoms with Gasteiger partial charge >= 0.3 is 5.97 Å². The van der Waals surface area contributed by atoms with Crippen molar-refractivity contribution in [2.24, 2.45) is 5.41 Å². The number of aromatic amines is 1. The van der Waals surface area contributed by atoms with Crippen molar-refractivity contribution in [1.82, 2.24) is 9.88 Å². The fourth-order valence-electron chi connectivity index (χ4n) is 2.07. The van der Waals surface area contributed by atoms with Crippen molar-refractivity contribution < 1.29 is 14.7 Å². The number of pyridine rings is 1. The molecule has 1 atom stereocenters. The molecule has 19 heavy (non-hydrogen) atoms. The molecule has 0 spiro atoms. The van der Waals surface area contributed by atoms with E-state index < -0.39 is 11.4 Å². The average molecular weight is 329 g/mol. The molecule has 1 aliphatic heterocycles. The minimum Gasteiger partial charge on any atom is -0.481 e. The lowest BCUT2D eigenvalue weighted by atomic mass is 9.90. The van der Waals surface area contributed by atoms with Crippen LogP contribution in [0.4, 0.5) is 0 Å². The second-order valence-electron chi connectivity index (χ2n) is 4.91. The highest BCUT2D eigenvalue weighted by atomic mass is 79.9. The molecule has 0 bridgehead atoms. The number of hydrogen-bond acceptors (Lipinski definition) is 3. The van der Waals surface area contributed by atoms with E-state index in [1.165, 1.54) is 17.2 Å². The number of nitrogens with zero attached hydrogens (tertiary/aromatic N) is 1. The lowest BCUT2D eigenvalue weighted by molar-refractivity contribution is -0.147. The third-order valence-electron chi connectivity index (χ3n) is 3.38. The van der Waals surface area contributed by atoms with Gasteiger partial charge in [0.15, 0.2) is 0 Å². The molecule has 7 heteroatoms. The van der Waals surface area contributed by atoms with Crippen molar-refractivity contribution in [2.75, 3.05) is 13.1 Å². The molecule has 0 aliphatic carbocycles. The molecule has 1 aliphatic rings. The first-order chi connectivity index (χ1) is 8.83. The second-order valence-corrected chi connectivity index (χ2v) is 5.76. The van der Waals surface area contributed by atoms with Gasteiger partial charge in [-0.15, -0.1) is 0 Å². The summed E-state index contributed by atoms with van der Waals surface area (Å²) in [7, 11) is 0. The van der Waals surface area contributed by atoms with Gasteiger partial charge in [0.25, 0.3) is 11.5 Å². The summed E-state index contributed by atoms with van der Waals surface area (Å²) in [6.45, 7) is 2.21. The Labute approximate surface area is 117 Å². The molecule has 2 rings (SSSR count). The number of likely N-dealkylation sites (tertiary alicyclic amines) is 1. The van der Waals surface area contributed by atoms with Crippen LogP contribution < -0.4 is 5.56 Å². The summed E-state index contributed by atoms with van der Waals surface area (Å²) in [4.78, 5) is 38.5. The topological polar surface area (TPSA) is 90.5 Å². The predicted octanol–water partition coefficient (Wildman–Crippen LogP) is 1.07. The van der Waals surface area contributed by atoms with Crippen LogP contribution in [0.3, 0.4) is 0 Å². The van der Waals surface area contributed by atoms with E-state index in [0.29, 0.717) is 18.5 Å². The van der Waals surface area contributed by atoms with Gasteiger partial charge in [-0.05, 0) is 35.3 Å². The number of nitrogens with one attached hydrogen (secondary N) is 1. The maximum Gasteiger partial charge on any atom is 0.311 e. The van der Waals surface area contributed by atoms with E-state index in [0.717, 1.165) is 0 Å². The van der Waals surface area contributed by atoms with Crippen LogP contribution in [0.5, 0.6) is 0 Å². The quantitative estimate of drug-likeness (QED) is 0.849. The van der Waals surface area contributed by atoms with Crippen molar-refractivity contribution in [3.8, 4) is 0 Å². The number of aliphatic carboxylic acids is 1. The van der Waals surface area contributed by atoms with Crippen LogP contribution in [0, 0.1) is 5.41 Å². The van der Waals surface area contributed by atoms with Crippen molar-refractivity contribution in [1.29, 1.82) is 0 Å². The lowest BCUT2D eigenvalue weighted by Gasteiger charge is -2.20. The number of carbonyl (C=O) groups is 2. The van der Waals surface area contributed by atoms with Gasteiger partial charge < -0.3 is 15.0 Å². The molecule has 0 aromatic carbocycles. The predicted molar refractivity (Wildman–Crippen MR) is 71.0 cm³/mol. The maximum atomic E-state index is 12.2. The van der Waals surface area contributed by atoms with Crippen LogP contribution in [0.2, 0.25) is 0 Å². The first kappa shape index (κ1) is 13.8. The summed E-state index contributed by atoms with van der Waals surface area (Å²) in [6, 6.07) is 1.44. The molecular formula is C12H13BrN2O4. The van der Waals surface area contributed by atoms with E-state index in [1.54, 1.807) is 6.92 Å². The van der Waals surface area contributed by atoms with E-state index in [1.807, 2.05) is 0 Å². The second kappa shape index (κ2) is 4.80. The summed E-state index contributed by atoms with van der Waals surface area (Å²) in [5.41, 5.74) is -0.871. The van der Waals surface area contributed by atoms with Crippen molar-refractivity contribution >= 4 is 27.8 Å². The van der Waals surface area contributed by atoms with Gasteiger partial charge in [0.1, 0.15) is 0 Å². The van der Waals surface area contributed by atoms with E-state index >= 15 is 0 Å². The minimum absolute atomic E-state index is 0.178. The third-order valence-corrected chi connectivity index (χ3v) is 3.97. The highest BCUT2D eigenvalue weighted by Gasteiger charge is 2.42. The molecule has 1 saturated heterocycles. The molecule has 0 radical (unpaired) electrons. The molecule has 1 aromatic rings. The summed E-state index contributed by atoms with van der Waals surface area (Å²) in [5.74, 6) is -1.17. The zero-order valence-electron chi connectivity index (χ0n) is 10.3. The normalized spacial score (nSPS) is 22.5. The van der Waals surface area contributed by atoms with Crippen LogP contribution >= 0.6 is 15.9 Å². The number of carbonyl (C=O) groups excluding carboxylic acids is 1. The Hall–Kier alpha value is -1.63. The maximum absolute atomic E-state index is 12.2. The van der Waals surface area contributed by atoms with E-state index in [4.69, 9.17) is 5.11 Å². The molecule has 1 unspecified atom stereocenters. The molecule has 1 amide bonds. The standard InChI is InChI=1S/C12H13BrN2O4/c1-12(11(18)19)2-3-15(6-12)10(17)7-4-8(13)9(16)14-5-7/h4-5H,2-3,6H2,1H3,(H,14,16)(H,18,19). The zero-order chi connectivity index (χ0) is 14.2. The van der Waals surface area contributed by atoms with Gasteiger partial charge in [-0.1, -0.05) is 0 Å². The number of carboxylic acid groups (broad SMARTS) is 1. The minimum atomic E-state index is -0.898. The molecule has 1 fully saturated rings. The number of hydrogen-bond donors (Lipinski definition) is 2. The Morgan fingerprint density at radius 3 is 2.74 bits per heavy atom. The first-order valence-corrected chi connectivity index (χ1v) is 6.54. The van der Waals surface area contributed by atoms with Gasteiger partial charge in [-0.3, -0.25) is 14.4 Å². The van der Waals surface area contributed by atoms with Crippen LogP contribution in [-0.2, 0) is 4.79 Å². The zero-order valence-corrected chi connectivity index (χ0v) is 11.9. The van der Waals surface area contributed by atoms with Crippen molar-refractivity contribution in [2.45, 2.75) is 13.3 Å². The van der Waals surface area contributed by atoms with Crippen LogP contribution in [0.15, 0.2) is 21.5 Å². The SMILES string of the molecule is CC1(C(=O)O)CCN(C(=O)c2c[nH]c(=O)c(Br)c2)C1. The summed E-state index contributed by atoms with van der Waals surface area (Å²) in [6.07, 6.45) is 1.77. The Morgan fingerprint density at radius 1 is 1.53 bits per heavy atom. The number of halogens is 1. The fraction of sp³-hybridized carbons (Fsp3) is 0.417. The number of amides is 1. The summed E-state index contributed by atoms with van der Waals surface area (Å²) >= 11 is 3.06. The van der Waals surface area contributed by atoms with E-state index in [-0.39, 0.29) is 22.5 Å². The van der Waals surface area contributed by atoms with Crippen molar-refractivity contribution in [3.63, 3.8) is 0 Å². The first-order valence-electron chi connectivity index (χ1n) is 5.74. The highest BCUT2D eigenvalue weighted by molar-refractivity contribution is 9.10. The smallest absolute Gasteiger partial charge is 0.311 e. The molecule has 1 aromatic heterocycles. The number of carboxylic acids is 1. The van der Waals surface area contributed by atoms with Crippen LogP contribution in [-0.4, -0.2) is 40.0 Å². The van der Waals surface area contributed by atoms with Gasteiger partial charge in [-0.25, -0.2) is 0 Å². The average Bonchev–Trinajstić information content (AvgIpc) is 2.76. The van der Waals surface area contributed by atoms with Crippen molar-refractivity contribution in [3.05, 3.63) is 32.7 Å². The van der Waals surface area contributed by atoms with Gasteiger partial charge in [-0.2, -0.15) is 0 Å². The molecule has 0 saturated carbocycles. The van der Waals surface area contributed by atoms with Crippen LogP contribution in [0.25, 0.3) is 0 Å². The molecular weight excluding hydrogens is 316 g/mol. The molecule has 2 heterocycles. The number of H-pyrrole nitrogens is 1. The Bertz CT molecular complexity index is 598. The Balaban J connectivity index is 2.20. The van der Waals surface area contributed by atoms with E-state index in [9.17, 15) is 14.4 Å². The molecule has 102 valence electrons. The summed E-state index contributed by atoms with van der Waals surface area (Å²) in [5, 5.41) is 9.13. The number of aromatic nitrogens is 1. The van der Waals surface area contributed by atoms with E-state index in [2.05, 4.69) is 20.9 Å². The Kier molecular flexibility index (Phi) is 3.49. The van der Waals surface area contributed by atoms with Gasteiger partial charge in [0.05, 0.1) is 15.5 Å². The summed E-state index contributed by atoms with van der Waals surface area (Å²) < 4.78 is 0.276. The largest absolute Gasteiger partial charge is 0.481 e. The molecule has 2 N–H and O–H groups in total. The van der Waals surface area contributed by atoms with Gasteiger partial charge in [0.2, 0.25) is 0 Å². The van der Waals surface area contributed by atoms with Gasteiger partial charge in [0, 0.05) is 19.3 Å². The lowest BCUT2D eigenvalue weighted by Crippen LogP contribution is -2.35. The molecule has 6 nitrogen and oxygen atoms in total.